The zero-order valence-corrected chi connectivity index (χ0v) is 13.0. The molecule has 0 N–H and O–H groups in total. The molecule has 0 aliphatic carbocycles. The molecule has 0 fully saturated rings. The fourth-order valence-corrected chi connectivity index (χ4v) is 7.34. The van der Waals surface area contributed by atoms with Crippen LogP contribution < -0.4 is 0 Å². The molecule has 0 saturated carbocycles. The quantitative estimate of drug-likeness (QED) is 0.467. The Bertz CT molecular complexity index is 167. The highest BCUT2D eigenvalue weighted by Gasteiger charge is 2.62. The van der Waals surface area contributed by atoms with E-state index in [0.29, 0.717) is 0 Å². The molecule has 0 radical (unpaired) electrons. The Morgan fingerprint density at radius 1 is 0.625 bits per heavy atom. The second-order valence-corrected chi connectivity index (χ2v) is 9.34. The first kappa shape index (κ1) is 16.4. The van der Waals surface area contributed by atoms with Gasteiger partial charge in [0, 0.05) is 42.7 Å². The molecule has 10 heteroatoms. The molecule has 0 bridgehead atoms. The van der Waals surface area contributed by atoms with Gasteiger partial charge in [-0.2, -0.15) is 0 Å². The van der Waals surface area contributed by atoms with E-state index < -0.39 is 17.9 Å². The van der Waals surface area contributed by atoms with Gasteiger partial charge < -0.3 is 26.6 Å². The van der Waals surface area contributed by atoms with Crippen LogP contribution in [0.1, 0.15) is 0 Å². The molecule has 0 unspecified atom stereocenters. The SMILES string of the molecule is CO[Si](OC)(OC)N(Cl)[Si](OC)(OC)OC. The number of hydrogen-bond acceptors (Lipinski definition) is 7. The molecule has 0 amide bonds. The summed E-state index contributed by atoms with van der Waals surface area (Å²) >= 11 is 6.13. The summed E-state index contributed by atoms with van der Waals surface area (Å²) in [5.41, 5.74) is 0. The van der Waals surface area contributed by atoms with E-state index in [1.807, 2.05) is 0 Å². The molecule has 7 nitrogen and oxygen atoms in total. The first-order valence-corrected chi connectivity index (χ1v) is 7.97. The van der Waals surface area contributed by atoms with Gasteiger partial charge in [-0.15, -0.1) is 3.75 Å². The fourth-order valence-electron chi connectivity index (χ4n) is 1.15. The topological polar surface area (TPSA) is 58.6 Å². The fraction of sp³-hybridized carbons (Fsp3) is 1.00. The second-order valence-electron chi connectivity index (χ2n) is 2.55. The molecule has 0 rings (SSSR count). The van der Waals surface area contributed by atoms with Crippen molar-refractivity contribution in [2.45, 2.75) is 0 Å². The zero-order chi connectivity index (χ0) is 12.8. The Balaban J connectivity index is 5.16. The molecular weight excluding hydrogens is 274 g/mol. The number of rotatable bonds is 8. The van der Waals surface area contributed by atoms with Gasteiger partial charge >= 0.3 is 17.9 Å². The molecule has 0 heterocycles. The summed E-state index contributed by atoms with van der Waals surface area (Å²) in [5, 5.41) is 0. The standard InChI is InChI=1S/C6H18ClNO6Si2/c1-9-15(10-2,11-3)8(7)16(12-4,13-5)14-6/h1-6H3. The van der Waals surface area contributed by atoms with E-state index in [0.717, 1.165) is 3.75 Å². The molecule has 0 aromatic rings. The molecule has 16 heavy (non-hydrogen) atoms. The molecule has 0 aliphatic heterocycles. The number of hydrogen-bond donors (Lipinski definition) is 0. The van der Waals surface area contributed by atoms with Gasteiger partial charge in [0.2, 0.25) is 0 Å². The Hall–Kier alpha value is 0.444. The minimum Gasteiger partial charge on any atom is -0.364 e. The van der Waals surface area contributed by atoms with Crippen LogP contribution in [0, 0.1) is 0 Å². The Labute approximate surface area is 103 Å². The van der Waals surface area contributed by atoms with E-state index in [1.54, 1.807) is 0 Å². The second kappa shape index (κ2) is 7.01. The third-order valence-corrected chi connectivity index (χ3v) is 8.97. The van der Waals surface area contributed by atoms with E-state index >= 15 is 0 Å². The van der Waals surface area contributed by atoms with Gasteiger partial charge in [0.05, 0.1) is 0 Å². The number of nitrogens with zero attached hydrogens (tertiary/aromatic N) is 1. The Kier molecular flexibility index (Phi) is 7.20. The summed E-state index contributed by atoms with van der Waals surface area (Å²) in [5.74, 6) is 0. The van der Waals surface area contributed by atoms with Crippen molar-refractivity contribution in [3.63, 3.8) is 0 Å². The van der Waals surface area contributed by atoms with Crippen LogP contribution in [0.3, 0.4) is 0 Å². The minimum absolute atomic E-state index is 1.13. The van der Waals surface area contributed by atoms with Crippen molar-refractivity contribution in [3.8, 4) is 0 Å². The van der Waals surface area contributed by atoms with Crippen molar-refractivity contribution < 1.29 is 26.6 Å². The van der Waals surface area contributed by atoms with Crippen molar-refractivity contribution in [2.24, 2.45) is 0 Å². The smallest absolute Gasteiger partial charge is 0.364 e. The predicted octanol–water partition coefficient (Wildman–Crippen LogP) is 0.192. The van der Waals surface area contributed by atoms with Gasteiger partial charge in [-0.05, 0) is 11.8 Å². The lowest BCUT2D eigenvalue weighted by Crippen LogP contribution is -2.69. The normalized spacial score (nSPS) is 13.5. The number of halogens is 1. The van der Waals surface area contributed by atoms with Gasteiger partial charge in [0.15, 0.2) is 0 Å². The van der Waals surface area contributed by atoms with E-state index in [9.17, 15) is 0 Å². The maximum atomic E-state index is 6.13. The van der Waals surface area contributed by atoms with Gasteiger partial charge in [0.1, 0.15) is 0 Å². The van der Waals surface area contributed by atoms with Gasteiger partial charge in [-0.25, -0.2) is 0 Å². The summed E-state index contributed by atoms with van der Waals surface area (Å²) in [6.45, 7) is 0. The minimum atomic E-state index is -3.23. The highest BCUT2D eigenvalue weighted by atomic mass is 35.5. The summed E-state index contributed by atoms with van der Waals surface area (Å²) in [4.78, 5) is 0. The first-order valence-electron chi connectivity index (χ1n) is 4.29. The van der Waals surface area contributed by atoms with E-state index in [-0.39, 0.29) is 0 Å². The third-order valence-electron chi connectivity index (χ3n) is 2.03. The maximum absolute atomic E-state index is 6.13. The summed E-state index contributed by atoms with van der Waals surface area (Å²) in [6, 6.07) is 0. The van der Waals surface area contributed by atoms with Crippen molar-refractivity contribution in [3.05, 3.63) is 0 Å². The van der Waals surface area contributed by atoms with E-state index in [2.05, 4.69) is 0 Å². The third kappa shape index (κ3) is 2.82. The van der Waals surface area contributed by atoms with E-state index in [1.165, 1.54) is 42.7 Å². The Morgan fingerprint density at radius 2 is 0.812 bits per heavy atom. The highest BCUT2D eigenvalue weighted by molar-refractivity contribution is 6.82. The highest BCUT2D eigenvalue weighted by Crippen LogP contribution is 2.25. The first-order chi connectivity index (χ1) is 7.52. The van der Waals surface area contributed by atoms with Crippen LogP contribution in [-0.4, -0.2) is 64.3 Å². The lowest BCUT2D eigenvalue weighted by atomic mass is 11.8. The summed E-state index contributed by atoms with van der Waals surface area (Å²) < 4.78 is 32.3. The maximum Gasteiger partial charge on any atom is 0.612 e. The predicted molar refractivity (Wildman–Crippen MR) is 61.3 cm³/mol. The molecule has 0 aliphatic rings. The van der Waals surface area contributed by atoms with Crippen LogP contribution in [0.5, 0.6) is 0 Å². The monoisotopic (exact) mass is 291 g/mol. The zero-order valence-electron chi connectivity index (χ0n) is 10.3. The lowest BCUT2D eigenvalue weighted by Gasteiger charge is -2.37. The summed E-state index contributed by atoms with van der Waals surface area (Å²) in [7, 11) is 2.08. The van der Waals surface area contributed by atoms with Crippen LogP contribution in [0.2, 0.25) is 0 Å². The molecule has 0 aromatic carbocycles. The Morgan fingerprint density at radius 3 is 0.938 bits per heavy atom. The molecule has 0 atom stereocenters. The average molecular weight is 292 g/mol. The van der Waals surface area contributed by atoms with Crippen LogP contribution in [-0.2, 0) is 26.6 Å². The molecule has 0 saturated heterocycles. The van der Waals surface area contributed by atoms with Gasteiger partial charge in [-0.3, -0.25) is 0 Å². The van der Waals surface area contributed by atoms with Crippen LogP contribution >= 0.6 is 11.8 Å². The van der Waals surface area contributed by atoms with Crippen molar-refractivity contribution >= 4 is 29.7 Å². The van der Waals surface area contributed by atoms with Crippen molar-refractivity contribution in [1.82, 2.24) is 3.75 Å². The van der Waals surface area contributed by atoms with Crippen LogP contribution in [0.4, 0.5) is 0 Å². The molecule has 0 aromatic heterocycles. The lowest BCUT2D eigenvalue weighted by molar-refractivity contribution is 0.0473. The molecule has 98 valence electrons. The van der Waals surface area contributed by atoms with Crippen LogP contribution in [0.25, 0.3) is 0 Å². The van der Waals surface area contributed by atoms with Crippen molar-refractivity contribution in [2.75, 3.05) is 42.7 Å². The van der Waals surface area contributed by atoms with Crippen molar-refractivity contribution in [1.29, 1.82) is 0 Å². The summed E-state index contributed by atoms with van der Waals surface area (Å²) in [6.07, 6.45) is 0. The van der Waals surface area contributed by atoms with Gasteiger partial charge in [-0.1, -0.05) is 0 Å². The van der Waals surface area contributed by atoms with Crippen LogP contribution in [0.15, 0.2) is 0 Å². The molecular formula is C6H18ClNO6Si2. The molecule has 0 spiro atoms. The van der Waals surface area contributed by atoms with Gasteiger partial charge in [0.25, 0.3) is 0 Å². The average Bonchev–Trinajstić information content (AvgIpc) is 2.35. The van der Waals surface area contributed by atoms with E-state index in [4.69, 9.17) is 38.3 Å². The largest absolute Gasteiger partial charge is 0.612 e.